The van der Waals surface area contributed by atoms with E-state index in [9.17, 15) is 4.79 Å². The molecule has 0 amide bonds. The number of aryl methyl sites for hydroxylation is 2. The van der Waals surface area contributed by atoms with Gasteiger partial charge in [0.2, 0.25) is 0 Å². The number of rotatable bonds is 6. The smallest absolute Gasteiger partial charge is 0.196 e. The van der Waals surface area contributed by atoms with E-state index >= 15 is 0 Å². The van der Waals surface area contributed by atoms with Crippen molar-refractivity contribution in [2.75, 3.05) is 5.75 Å². The number of ketones is 1. The molecule has 0 bridgehead atoms. The molecule has 0 unspecified atom stereocenters. The summed E-state index contributed by atoms with van der Waals surface area (Å²) in [4.78, 5) is 16.9. The van der Waals surface area contributed by atoms with Crippen molar-refractivity contribution in [3.63, 3.8) is 0 Å². The maximum absolute atomic E-state index is 12.8. The molecule has 0 radical (unpaired) electrons. The van der Waals surface area contributed by atoms with Crippen molar-refractivity contribution in [3.05, 3.63) is 89.7 Å². The molecule has 0 aliphatic rings. The van der Waals surface area contributed by atoms with Crippen molar-refractivity contribution in [3.8, 4) is 17.1 Å². The van der Waals surface area contributed by atoms with Crippen LogP contribution in [-0.4, -0.2) is 31.3 Å². The highest BCUT2D eigenvalue weighted by atomic mass is 32.2. The lowest BCUT2D eigenvalue weighted by Crippen LogP contribution is -2.06. The third-order valence-corrected chi connectivity index (χ3v) is 5.53. The number of para-hydroxylation sites is 1. The standard InChI is InChI=1S/C23H20N4OS/c1-16-8-9-20(17(2)14-16)21(28)15-29-23-26-25-22(18-10-12-24-13-11-18)27(23)19-6-4-3-5-7-19/h3-14H,15H2,1-2H3. The van der Waals surface area contributed by atoms with Crippen LogP contribution in [0.4, 0.5) is 0 Å². The monoisotopic (exact) mass is 400 g/mol. The van der Waals surface area contributed by atoms with E-state index in [1.54, 1.807) is 12.4 Å². The van der Waals surface area contributed by atoms with Crippen LogP contribution in [0, 0.1) is 13.8 Å². The predicted octanol–water partition coefficient (Wildman–Crippen LogP) is 4.92. The lowest BCUT2D eigenvalue weighted by Gasteiger charge is -2.10. The predicted molar refractivity (Wildman–Crippen MR) is 116 cm³/mol. The molecule has 5 nitrogen and oxygen atoms in total. The van der Waals surface area contributed by atoms with Crippen molar-refractivity contribution >= 4 is 17.5 Å². The van der Waals surface area contributed by atoms with Gasteiger partial charge in [-0.15, -0.1) is 10.2 Å². The molecule has 0 spiro atoms. The van der Waals surface area contributed by atoms with E-state index in [1.807, 2.05) is 79.1 Å². The van der Waals surface area contributed by atoms with Gasteiger partial charge in [-0.25, -0.2) is 0 Å². The van der Waals surface area contributed by atoms with Crippen LogP contribution < -0.4 is 0 Å². The molecule has 0 aliphatic heterocycles. The molecular formula is C23H20N4OS. The summed E-state index contributed by atoms with van der Waals surface area (Å²) >= 11 is 1.40. The molecule has 4 rings (SSSR count). The van der Waals surface area contributed by atoms with Gasteiger partial charge in [-0.05, 0) is 43.7 Å². The van der Waals surface area contributed by atoms with Crippen LogP contribution in [0.1, 0.15) is 21.5 Å². The van der Waals surface area contributed by atoms with Crippen LogP contribution in [0.15, 0.2) is 78.2 Å². The fourth-order valence-electron chi connectivity index (χ4n) is 3.20. The lowest BCUT2D eigenvalue weighted by molar-refractivity contribution is 0.102. The van der Waals surface area contributed by atoms with Crippen LogP contribution in [0.25, 0.3) is 17.1 Å². The van der Waals surface area contributed by atoms with E-state index in [0.717, 1.165) is 33.8 Å². The highest BCUT2D eigenvalue weighted by Crippen LogP contribution is 2.28. The zero-order chi connectivity index (χ0) is 20.2. The minimum Gasteiger partial charge on any atom is -0.293 e. The second-order valence-electron chi connectivity index (χ2n) is 6.74. The first-order valence-electron chi connectivity index (χ1n) is 9.28. The summed E-state index contributed by atoms with van der Waals surface area (Å²) in [6, 6.07) is 19.6. The van der Waals surface area contributed by atoms with Crippen molar-refractivity contribution in [2.24, 2.45) is 0 Å². The highest BCUT2D eigenvalue weighted by Gasteiger charge is 2.18. The number of aromatic nitrogens is 4. The van der Waals surface area contributed by atoms with Crippen LogP contribution in [-0.2, 0) is 0 Å². The molecule has 2 aromatic heterocycles. The molecule has 0 aliphatic carbocycles. The summed E-state index contributed by atoms with van der Waals surface area (Å²) in [5.41, 5.74) is 4.77. The van der Waals surface area contributed by atoms with E-state index in [2.05, 4.69) is 15.2 Å². The zero-order valence-corrected chi connectivity index (χ0v) is 17.1. The SMILES string of the molecule is Cc1ccc(C(=O)CSc2nnc(-c3ccncc3)n2-c2ccccc2)c(C)c1. The van der Waals surface area contributed by atoms with E-state index in [4.69, 9.17) is 0 Å². The van der Waals surface area contributed by atoms with Gasteiger partial charge in [-0.1, -0.05) is 53.7 Å². The first kappa shape index (κ1) is 19.1. The maximum Gasteiger partial charge on any atom is 0.196 e. The molecular weight excluding hydrogens is 380 g/mol. The third-order valence-electron chi connectivity index (χ3n) is 4.60. The molecule has 0 N–H and O–H groups in total. The quantitative estimate of drug-likeness (QED) is 0.340. The van der Waals surface area contributed by atoms with Crippen LogP contribution in [0.5, 0.6) is 0 Å². The second-order valence-corrected chi connectivity index (χ2v) is 7.69. The van der Waals surface area contributed by atoms with Gasteiger partial charge in [-0.2, -0.15) is 0 Å². The van der Waals surface area contributed by atoms with Crippen molar-refractivity contribution in [1.82, 2.24) is 19.7 Å². The first-order valence-corrected chi connectivity index (χ1v) is 10.3. The number of thioether (sulfide) groups is 1. The number of Topliss-reactive ketones (excluding diaryl/α,β-unsaturated/α-hetero) is 1. The Hall–Kier alpha value is -3.25. The second kappa shape index (κ2) is 8.41. The van der Waals surface area contributed by atoms with Crippen molar-refractivity contribution in [2.45, 2.75) is 19.0 Å². The van der Waals surface area contributed by atoms with E-state index in [-0.39, 0.29) is 5.78 Å². The van der Waals surface area contributed by atoms with Crippen LogP contribution in [0.3, 0.4) is 0 Å². The van der Waals surface area contributed by atoms with Gasteiger partial charge in [0.15, 0.2) is 16.8 Å². The van der Waals surface area contributed by atoms with Gasteiger partial charge in [0, 0.05) is 29.2 Å². The summed E-state index contributed by atoms with van der Waals surface area (Å²) in [7, 11) is 0. The molecule has 6 heteroatoms. The number of hydrogen-bond donors (Lipinski definition) is 0. The van der Waals surface area contributed by atoms with Crippen LogP contribution >= 0.6 is 11.8 Å². The van der Waals surface area contributed by atoms with E-state index in [1.165, 1.54) is 11.8 Å². The van der Waals surface area contributed by atoms with Gasteiger partial charge in [0.1, 0.15) is 0 Å². The molecule has 2 heterocycles. The first-order chi connectivity index (χ1) is 14.1. The largest absolute Gasteiger partial charge is 0.293 e. The molecule has 0 saturated carbocycles. The number of pyridine rings is 1. The summed E-state index contributed by atoms with van der Waals surface area (Å²) in [6.07, 6.45) is 3.46. The van der Waals surface area contributed by atoms with E-state index < -0.39 is 0 Å². The van der Waals surface area contributed by atoms with Gasteiger partial charge in [0.25, 0.3) is 0 Å². The summed E-state index contributed by atoms with van der Waals surface area (Å²) in [5.74, 6) is 1.10. The number of hydrogen-bond acceptors (Lipinski definition) is 5. The molecule has 0 saturated heterocycles. The number of carbonyl (C=O) groups is 1. The number of carbonyl (C=O) groups excluding carboxylic acids is 1. The van der Waals surface area contributed by atoms with Crippen molar-refractivity contribution < 1.29 is 4.79 Å². The molecule has 29 heavy (non-hydrogen) atoms. The lowest BCUT2D eigenvalue weighted by atomic mass is 10.0. The molecule has 0 fully saturated rings. The van der Waals surface area contributed by atoms with Gasteiger partial charge < -0.3 is 0 Å². The third kappa shape index (κ3) is 4.12. The minimum absolute atomic E-state index is 0.0839. The zero-order valence-electron chi connectivity index (χ0n) is 16.2. The van der Waals surface area contributed by atoms with E-state index in [0.29, 0.717) is 10.9 Å². The Labute approximate surface area is 173 Å². The Bertz CT molecular complexity index is 1140. The summed E-state index contributed by atoms with van der Waals surface area (Å²) in [6.45, 7) is 4.00. The molecule has 0 atom stereocenters. The summed E-state index contributed by atoms with van der Waals surface area (Å²) in [5, 5.41) is 9.45. The fourth-order valence-corrected chi connectivity index (χ4v) is 4.03. The van der Waals surface area contributed by atoms with Gasteiger partial charge in [-0.3, -0.25) is 14.3 Å². The number of benzene rings is 2. The summed E-state index contributed by atoms with van der Waals surface area (Å²) < 4.78 is 1.98. The average molecular weight is 401 g/mol. The van der Waals surface area contributed by atoms with Gasteiger partial charge in [0.05, 0.1) is 5.75 Å². The maximum atomic E-state index is 12.8. The number of nitrogens with zero attached hydrogens (tertiary/aromatic N) is 4. The Kier molecular flexibility index (Phi) is 5.53. The Morgan fingerprint density at radius 1 is 0.966 bits per heavy atom. The highest BCUT2D eigenvalue weighted by molar-refractivity contribution is 7.99. The Morgan fingerprint density at radius 3 is 2.45 bits per heavy atom. The normalized spacial score (nSPS) is 10.8. The van der Waals surface area contributed by atoms with Crippen molar-refractivity contribution in [1.29, 1.82) is 0 Å². The Balaban J connectivity index is 1.66. The molecule has 144 valence electrons. The minimum atomic E-state index is 0.0839. The molecule has 2 aromatic carbocycles. The topological polar surface area (TPSA) is 60.7 Å². The Morgan fingerprint density at radius 2 is 1.72 bits per heavy atom. The fraction of sp³-hybridized carbons (Fsp3) is 0.130. The van der Waals surface area contributed by atoms with Gasteiger partial charge >= 0.3 is 0 Å². The average Bonchev–Trinajstić information content (AvgIpc) is 3.17. The van der Waals surface area contributed by atoms with Crippen LogP contribution in [0.2, 0.25) is 0 Å². The molecule has 4 aromatic rings.